The molecule has 116 valence electrons. The molecule has 3 aromatic rings. The molecule has 1 aromatic heterocycles. The van der Waals surface area contributed by atoms with E-state index < -0.39 is 0 Å². The van der Waals surface area contributed by atoms with E-state index in [4.69, 9.17) is 0 Å². The number of hydrogen-bond acceptors (Lipinski definition) is 2. The van der Waals surface area contributed by atoms with Crippen LogP contribution in [0.15, 0.2) is 54.9 Å². The molecule has 5 rings (SSSR count). The van der Waals surface area contributed by atoms with E-state index in [9.17, 15) is 0 Å². The highest BCUT2D eigenvalue weighted by molar-refractivity contribution is 5.85. The second kappa shape index (κ2) is 5.41. The van der Waals surface area contributed by atoms with Gasteiger partial charge in [0.05, 0.1) is 0 Å². The van der Waals surface area contributed by atoms with Crippen molar-refractivity contribution >= 4 is 11.6 Å². The first-order chi connectivity index (χ1) is 11.9. The van der Waals surface area contributed by atoms with Crippen molar-refractivity contribution in [2.24, 2.45) is 0 Å². The summed E-state index contributed by atoms with van der Waals surface area (Å²) in [6, 6.07) is 15.3. The molecule has 24 heavy (non-hydrogen) atoms. The number of hydrogen-bond donors (Lipinski definition) is 0. The van der Waals surface area contributed by atoms with Crippen molar-refractivity contribution in [3.63, 3.8) is 0 Å². The largest absolute Gasteiger partial charge is 0.237 e. The first-order valence-corrected chi connectivity index (χ1v) is 8.61. The van der Waals surface area contributed by atoms with Gasteiger partial charge in [0.25, 0.3) is 0 Å². The Bertz CT molecular complexity index is 955. The van der Waals surface area contributed by atoms with Gasteiger partial charge in [0.15, 0.2) is 5.82 Å². The van der Waals surface area contributed by atoms with Crippen molar-refractivity contribution in [2.45, 2.75) is 25.7 Å². The van der Waals surface area contributed by atoms with Crippen LogP contribution in [0.2, 0.25) is 0 Å². The maximum atomic E-state index is 4.41. The monoisotopic (exact) mass is 310 g/mol. The lowest BCUT2D eigenvalue weighted by molar-refractivity contribution is 0.887. The van der Waals surface area contributed by atoms with Crippen LogP contribution < -0.4 is 0 Å². The van der Waals surface area contributed by atoms with Gasteiger partial charge in [-0.25, -0.2) is 9.97 Å². The lowest BCUT2D eigenvalue weighted by Gasteiger charge is -2.26. The summed E-state index contributed by atoms with van der Waals surface area (Å²) >= 11 is 0. The summed E-state index contributed by atoms with van der Waals surface area (Å²) in [6.45, 7) is 0. The summed E-state index contributed by atoms with van der Waals surface area (Å²) in [4.78, 5) is 8.83. The van der Waals surface area contributed by atoms with Gasteiger partial charge >= 0.3 is 0 Å². The van der Waals surface area contributed by atoms with Gasteiger partial charge in [0, 0.05) is 12.4 Å². The van der Waals surface area contributed by atoms with Gasteiger partial charge < -0.3 is 0 Å². The van der Waals surface area contributed by atoms with Crippen LogP contribution in [0.1, 0.15) is 34.5 Å². The van der Waals surface area contributed by atoms with Crippen LogP contribution >= 0.6 is 0 Å². The summed E-state index contributed by atoms with van der Waals surface area (Å²) in [5.74, 6) is 0.867. The number of aryl methyl sites for hydroxylation is 1. The normalized spacial score (nSPS) is 15.1. The van der Waals surface area contributed by atoms with Gasteiger partial charge in [0.1, 0.15) is 0 Å². The van der Waals surface area contributed by atoms with Crippen LogP contribution in [0.25, 0.3) is 22.8 Å². The standard InChI is InChI=1S/C22H18N2/c1-2-5-18-15(4-1)6-10-21-19-9-8-17(22-23-12-3-13-24-22)14-16(19)7-11-20(18)21/h1-5,7,11-14H,6,8-10H2. The Morgan fingerprint density at radius 2 is 1.50 bits per heavy atom. The third kappa shape index (κ3) is 2.10. The topological polar surface area (TPSA) is 25.8 Å². The predicted molar refractivity (Wildman–Crippen MR) is 97.5 cm³/mol. The van der Waals surface area contributed by atoms with E-state index in [1.165, 1.54) is 33.4 Å². The van der Waals surface area contributed by atoms with Crippen molar-refractivity contribution in [1.29, 1.82) is 0 Å². The van der Waals surface area contributed by atoms with Crippen LogP contribution in [0.3, 0.4) is 0 Å². The molecule has 1 heterocycles. The smallest absolute Gasteiger partial charge is 0.154 e. The number of allylic oxidation sites excluding steroid dienone is 1. The van der Waals surface area contributed by atoms with Crippen molar-refractivity contribution in [2.75, 3.05) is 0 Å². The minimum absolute atomic E-state index is 0.867. The molecule has 0 bridgehead atoms. The van der Waals surface area contributed by atoms with E-state index >= 15 is 0 Å². The number of rotatable bonds is 1. The molecule has 2 heteroatoms. The van der Waals surface area contributed by atoms with Crippen molar-refractivity contribution in [1.82, 2.24) is 9.97 Å². The summed E-state index contributed by atoms with van der Waals surface area (Å²) in [7, 11) is 0. The molecule has 0 spiro atoms. The molecule has 0 unspecified atom stereocenters. The Morgan fingerprint density at radius 3 is 2.42 bits per heavy atom. The van der Waals surface area contributed by atoms with Gasteiger partial charge in [-0.15, -0.1) is 0 Å². The molecule has 0 N–H and O–H groups in total. The lowest BCUT2D eigenvalue weighted by atomic mass is 9.78. The minimum atomic E-state index is 0.867. The number of nitrogens with zero attached hydrogens (tertiary/aromatic N) is 2. The highest BCUT2D eigenvalue weighted by Crippen LogP contribution is 2.39. The fourth-order valence-electron chi connectivity index (χ4n) is 4.10. The molecule has 2 aromatic carbocycles. The van der Waals surface area contributed by atoms with E-state index in [-0.39, 0.29) is 0 Å². The fraction of sp³-hybridized carbons (Fsp3) is 0.182. The van der Waals surface area contributed by atoms with Gasteiger partial charge in [-0.2, -0.15) is 0 Å². The zero-order chi connectivity index (χ0) is 15.9. The summed E-state index contributed by atoms with van der Waals surface area (Å²) in [5, 5.41) is 0. The number of aromatic nitrogens is 2. The van der Waals surface area contributed by atoms with Gasteiger partial charge in [-0.05, 0) is 76.8 Å². The van der Waals surface area contributed by atoms with E-state index in [0.717, 1.165) is 31.5 Å². The van der Waals surface area contributed by atoms with Gasteiger partial charge in [-0.1, -0.05) is 36.4 Å². The maximum absolute atomic E-state index is 4.41. The van der Waals surface area contributed by atoms with Crippen molar-refractivity contribution in [3.8, 4) is 11.1 Å². The average Bonchev–Trinajstić information content (AvgIpc) is 2.67. The Morgan fingerprint density at radius 1 is 0.667 bits per heavy atom. The van der Waals surface area contributed by atoms with Crippen molar-refractivity contribution in [3.05, 3.63) is 82.9 Å². The summed E-state index contributed by atoms with van der Waals surface area (Å²) in [5.41, 5.74) is 10.0. The quantitative estimate of drug-likeness (QED) is 0.649. The Balaban J connectivity index is 1.63. The second-order valence-corrected chi connectivity index (χ2v) is 6.56. The van der Waals surface area contributed by atoms with Crippen LogP contribution in [-0.2, 0) is 19.3 Å². The third-order valence-electron chi connectivity index (χ3n) is 5.25. The van der Waals surface area contributed by atoms with Crippen LogP contribution in [0, 0.1) is 0 Å². The molecule has 2 aliphatic carbocycles. The third-order valence-corrected chi connectivity index (χ3v) is 5.25. The molecule has 0 saturated heterocycles. The van der Waals surface area contributed by atoms with Crippen molar-refractivity contribution < 1.29 is 0 Å². The van der Waals surface area contributed by atoms with Crippen LogP contribution in [0.4, 0.5) is 0 Å². The molecule has 0 fully saturated rings. The maximum Gasteiger partial charge on any atom is 0.154 e. The molecule has 0 amide bonds. The van der Waals surface area contributed by atoms with Gasteiger partial charge in [0.2, 0.25) is 0 Å². The zero-order valence-corrected chi connectivity index (χ0v) is 13.5. The SMILES string of the molecule is C1=C(c2ncccn2)CCc2c1ccc1c2CCc2ccccc2-1. The van der Waals surface area contributed by atoms with E-state index in [0.29, 0.717) is 0 Å². The average molecular weight is 310 g/mol. The Kier molecular flexibility index (Phi) is 3.08. The molecular formula is C22H18N2. The molecule has 0 aliphatic heterocycles. The summed E-state index contributed by atoms with van der Waals surface area (Å²) in [6.07, 6.45) is 10.3. The molecular weight excluding hydrogens is 292 g/mol. The van der Waals surface area contributed by atoms with E-state index in [1.54, 1.807) is 5.56 Å². The molecule has 2 aliphatic rings. The predicted octanol–water partition coefficient (Wildman–Crippen LogP) is 4.73. The lowest BCUT2D eigenvalue weighted by Crippen LogP contribution is -2.11. The molecule has 2 nitrogen and oxygen atoms in total. The van der Waals surface area contributed by atoms with Crippen LogP contribution in [-0.4, -0.2) is 9.97 Å². The molecule has 0 radical (unpaired) electrons. The first-order valence-electron chi connectivity index (χ1n) is 8.61. The highest BCUT2D eigenvalue weighted by Gasteiger charge is 2.22. The minimum Gasteiger partial charge on any atom is -0.237 e. The van der Waals surface area contributed by atoms with Crippen LogP contribution in [0.5, 0.6) is 0 Å². The van der Waals surface area contributed by atoms with E-state index in [2.05, 4.69) is 52.4 Å². The number of fused-ring (bicyclic) bond motifs is 5. The highest BCUT2D eigenvalue weighted by atomic mass is 14.9. The first kappa shape index (κ1) is 13.7. The zero-order valence-electron chi connectivity index (χ0n) is 13.5. The fourth-order valence-corrected chi connectivity index (χ4v) is 4.10. The Hall–Kier alpha value is -2.74. The summed E-state index contributed by atoms with van der Waals surface area (Å²) < 4.78 is 0. The number of benzene rings is 2. The second-order valence-electron chi connectivity index (χ2n) is 6.56. The molecule has 0 saturated carbocycles. The molecule has 0 atom stereocenters. The Labute approximate surface area is 141 Å². The van der Waals surface area contributed by atoms with Gasteiger partial charge in [-0.3, -0.25) is 0 Å². The van der Waals surface area contributed by atoms with E-state index in [1.807, 2.05) is 18.5 Å².